The minimum Gasteiger partial charge on any atom is -0.486 e. The highest BCUT2D eigenvalue weighted by Gasteiger charge is 1.97. The monoisotopic (exact) mass is 264 g/mol. The van der Waals surface area contributed by atoms with E-state index in [-0.39, 0.29) is 0 Å². The molecule has 0 saturated carbocycles. The van der Waals surface area contributed by atoms with Crippen molar-refractivity contribution in [2.24, 2.45) is 0 Å². The Balaban J connectivity index is 1.99. The van der Waals surface area contributed by atoms with Gasteiger partial charge in [0.25, 0.3) is 0 Å². The molecule has 1 aromatic carbocycles. The summed E-state index contributed by atoms with van der Waals surface area (Å²) < 4.78 is 6.51. The quantitative estimate of drug-likeness (QED) is 0.855. The van der Waals surface area contributed by atoms with Gasteiger partial charge in [0.15, 0.2) is 5.82 Å². The highest BCUT2D eigenvalue weighted by atomic mass is 79.9. The first-order chi connectivity index (χ1) is 7.34. The Morgan fingerprint density at radius 3 is 2.67 bits per heavy atom. The fraction of sp³-hybridized carbons (Fsp3) is 0.0909. The van der Waals surface area contributed by atoms with Gasteiger partial charge in [-0.2, -0.15) is 0 Å². The summed E-state index contributed by atoms with van der Waals surface area (Å²) in [6.07, 6.45) is 3.40. The summed E-state index contributed by atoms with van der Waals surface area (Å²) in [6, 6.07) is 9.45. The molecule has 0 aliphatic heterocycles. The predicted molar refractivity (Wildman–Crippen MR) is 60.5 cm³/mol. The largest absolute Gasteiger partial charge is 0.486 e. The van der Waals surface area contributed by atoms with Crippen molar-refractivity contribution >= 4 is 15.9 Å². The first-order valence-corrected chi connectivity index (χ1v) is 5.28. The molecule has 0 fully saturated rings. The molecule has 0 aliphatic rings. The molecule has 76 valence electrons. The van der Waals surface area contributed by atoms with E-state index >= 15 is 0 Å². The predicted octanol–water partition coefficient (Wildman–Crippen LogP) is 2.82. The van der Waals surface area contributed by atoms with Gasteiger partial charge in [0.05, 0.1) is 0 Å². The molecule has 0 radical (unpaired) electrons. The van der Waals surface area contributed by atoms with Crippen LogP contribution in [0.15, 0.2) is 47.2 Å². The maximum absolute atomic E-state index is 5.52. The second-order valence-electron chi connectivity index (χ2n) is 2.91. The van der Waals surface area contributed by atoms with Crippen LogP contribution in [0.5, 0.6) is 5.75 Å². The fourth-order valence-electron chi connectivity index (χ4n) is 1.11. The number of hydrogen-bond donors (Lipinski definition) is 0. The van der Waals surface area contributed by atoms with Crippen LogP contribution < -0.4 is 4.74 Å². The van der Waals surface area contributed by atoms with Gasteiger partial charge in [-0.3, -0.25) is 0 Å². The lowest BCUT2D eigenvalue weighted by Crippen LogP contribution is -2.00. The number of rotatable bonds is 3. The molecule has 0 spiro atoms. The molecule has 2 rings (SSSR count). The minimum absolute atomic E-state index is 0.386. The molecule has 4 heteroatoms. The highest BCUT2D eigenvalue weighted by molar-refractivity contribution is 9.10. The van der Waals surface area contributed by atoms with E-state index < -0.39 is 0 Å². The SMILES string of the molecule is Brc1cccc(OCc2ncccn2)c1. The maximum atomic E-state index is 5.52. The summed E-state index contributed by atoms with van der Waals surface area (Å²) in [5.74, 6) is 1.48. The lowest BCUT2D eigenvalue weighted by Gasteiger charge is -2.04. The van der Waals surface area contributed by atoms with Crippen molar-refractivity contribution in [3.63, 3.8) is 0 Å². The number of halogens is 1. The summed E-state index contributed by atoms with van der Waals surface area (Å²) in [7, 11) is 0. The number of benzene rings is 1. The Morgan fingerprint density at radius 2 is 1.93 bits per heavy atom. The van der Waals surface area contributed by atoms with Crippen molar-refractivity contribution in [3.8, 4) is 5.75 Å². The summed E-state index contributed by atoms with van der Waals surface area (Å²) in [5.41, 5.74) is 0. The van der Waals surface area contributed by atoms with E-state index in [1.807, 2.05) is 24.3 Å². The van der Waals surface area contributed by atoms with Gasteiger partial charge in [0.1, 0.15) is 12.4 Å². The third-order valence-corrected chi connectivity index (χ3v) is 2.28. The Kier molecular flexibility index (Phi) is 3.29. The second kappa shape index (κ2) is 4.89. The van der Waals surface area contributed by atoms with Gasteiger partial charge >= 0.3 is 0 Å². The average molecular weight is 265 g/mol. The number of nitrogens with zero attached hydrogens (tertiary/aromatic N) is 2. The van der Waals surface area contributed by atoms with Crippen LogP contribution in [-0.4, -0.2) is 9.97 Å². The molecule has 1 heterocycles. The Hall–Kier alpha value is -1.42. The molecule has 2 aromatic rings. The lowest BCUT2D eigenvalue weighted by molar-refractivity contribution is 0.295. The molecule has 0 N–H and O–H groups in total. The zero-order valence-electron chi connectivity index (χ0n) is 7.93. The summed E-state index contributed by atoms with van der Waals surface area (Å²) in [5, 5.41) is 0. The van der Waals surface area contributed by atoms with Crippen molar-refractivity contribution in [1.29, 1.82) is 0 Å². The van der Waals surface area contributed by atoms with Crippen LogP contribution in [0.2, 0.25) is 0 Å². The number of aromatic nitrogens is 2. The molecule has 0 atom stereocenters. The van der Waals surface area contributed by atoms with Crippen LogP contribution in [0, 0.1) is 0 Å². The van der Waals surface area contributed by atoms with E-state index in [2.05, 4.69) is 25.9 Å². The normalized spacial score (nSPS) is 9.93. The summed E-state index contributed by atoms with van der Waals surface area (Å²) >= 11 is 3.38. The van der Waals surface area contributed by atoms with Gasteiger partial charge in [0.2, 0.25) is 0 Å². The Bertz CT molecular complexity index is 434. The van der Waals surface area contributed by atoms with Crippen LogP contribution >= 0.6 is 15.9 Å². The summed E-state index contributed by atoms with van der Waals surface area (Å²) in [4.78, 5) is 8.14. The van der Waals surface area contributed by atoms with Crippen molar-refractivity contribution in [2.75, 3.05) is 0 Å². The zero-order valence-corrected chi connectivity index (χ0v) is 9.52. The smallest absolute Gasteiger partial charge is 0.166 e. The summed E-state index contributed by atoms with van der Waals surface area (Å²) in [6.45, 7) is 0.386. The number of hydrogen-bond acceptors (Lipinski definition) is 3. The molecule has 15 heavy (non-hydrogen) atoms. The Morgan fingerprint density at radius 1 is 1.13 bits per heavy atom. The molecule has 3 nitrogen and oxygen atoms in total. The molecule has 0 aliphatic carbocycles. The molecule has 0 amide bonds. The van der Waals surface area contributed by atoms with Crippen LogP contribution in [-0.2, 0) is 6.61 Å². The van der Waals surface area contributed by atoms with E-state index in [1.165, 1.54) is 0 Å². The topological polar surface area (TPSA) is 35.0 Å². The van der Waals surface area contributed by atoms with Gasteiger partial charge < -0.3 is 4.74 Å². The van der Waals surface area contributed by atoms with Gasteiger partial charge in [-0.05, 0) is 24.3 Å². The van der Waals surface area contributed by atoms with E-state index in [0.717, 1.165) is 10.2 Å². The third-order valence-electron chi connectivity index (χ3n) is 1.78. The number of ether oxygens (including phenoxy) is 1. The van der Waals surface area contributed by atoms with Gasteiger partial charge in [-0.1, -0.05) is 22.0 Å². The van der Waals surface area contributed by atoms with Crippen molar-refractivity contribution in [3.05, 3.63) is 53.0 Å². The molecule has 0 unspecified atom stereocenters. The van der Waals surface area contributed by atoms with Crippen LogP contribution in [0.25, 0.3) is 0 Å². The van der Waals surface area contributed by atoms with Crippen LogP contribution in [0.3, 0.4) is 0 Å². The standard InChI is InChI=1S/C11H9BrN2O/c12-9-3-1-4-10(7-9)15-8-11-13-5-2-6-14-11/h1-7H,8H2. The molecule has 0 saturated heterocycles. The fourth-order valence-corrected chi connectivity index (χ4v) is 1.49. The molecular weight excluding hydrogens is 256 g/mol. The second-order valence-corrected chi connectivity index (χ2v) is 3.83. The lowest BCUT2D eigenvalue weighted by atomic mass is 10.3. The van der Waals surface area contributed by atoms with Gasteiger partial charge in [0, 0.05) is 16.9 Å². The van der Waals surface area contributed by atoms with Gasteiger partial charge in [-0.15, -0.1) is 0 Å². The van der Waals surface area contributed by atoms with E-state index in [1.54, 1.807) is 18.5 Å². The van der Waals surface area contributed by atoms with Crippen molar-refractivity contribution in [2.45, 2.75) is 6.61 Å². The maximum Gasteiger partial charge on any atom is 0.166 e. The Labute approximate surface area is 96.3 Å². The average Bonchev–Trinajstić information content (AvgIpc) is 2.28. The molecule has 1 aromatic heterocycles. The van der Waals surface area contributed by atoms with Crippen LogP contribution in [0.4, 0.5) is 0 Å². The van der Waals surface area contributed by atoms with Crippen molar-refractivity contribution < 1.29 is 4.74 Å². The van der Waals surface area contributed by atoms with Crippen molar-refractivity contribution in [1.82, 2.24) is 9.97 Å². The minimum atomic E-state index is 0.386. The molecular formula is C11H9BrN2O. The first-order valence-electron chi connectivity index (χ1n) is 4.49. The van der Waals surface area contributed by atoms with E-state index in [0.29, 0.717) is 12.4 Å². The van der Waals surface area contributed by atoms with E-state index in [4.69, 9.17) is 4.74 Å². The van der Waals surface area contributed by atoms with Crippen LogP contribution in [0.1, 0.15) is 5.82 Å². The molecule has 0 bridgehead atoms. The third kappa shape index (κ3) is 3.02. The zero-order chi connectivity index (χ0) is 10.5. The highest BCUT2D eigenvalue weighted by Crippen LogP contribution is 2.18. The van der Waals surface area contributed by atoms with Gasteiger partial charge in [-0.25, -0.2) is 9.97 Å². The first kappa shape index (κ1) is 10.1. The van der Waals surface area contributed by atoms with E-state index in [9.17, 15) is 0 Å².